The maximum absolute atomic E-state index is 13.6. The summed E-state index contributed by atoms with van der Waals surface area (Å²) in [6, 6.07) is 16.8. The highest BCUT2D eigenvalue weighted by molar-refractivity contribution is 5.87. The summed E-state index contributed by atoms with van der Waals surface area (Å²) in [7, 11) is 1.62. The van der Waals surface area contributed by atoms with Crippen LogP contribution in [-0.4, -0.2) is 60.1 Å². The van der Waals surface area contributed by atoms with Crippen molar-refractivity contribution < 1.29 is 14.6 Å². The summed E-state index contributed by atoms with van der Waals surface area (Å²) in [5.41, 5.74) is 6.22. The fraction of sp³-hybridized carbons (Fsp3) is 0.440. The van der Waals surface area contributed by atoms with Gasteiger partial charge in [-0.3, -0.25) is 4.79 Å². The number of hydrogen-bond acceptors (Lipinski definition) is 4. The van der Waals surface area contributed by atoms with Gasteiger partial charge < -0.3 is 25.4 Å². The second-order valence-electron chi connectivity index (χ2n) is 8.56. The molecule has 2 aromatic carbocycles. The second kappa shape index (κ2) is 9.61. The summed E-state index contributed by atoms with van der Waals surface area (Å²) in [6.45, 7) is 2.15. The highest BCUT2D eigenvalue weighted by Crippen LogP contribution is 2.42. The molecule has 0 spiro atoms. The minimum Gasteiger partial charge on any atom is -0.497 e. The Kier molecular flexibility index (Phi) is 6.65. The van der Waals surface area contributed by atoms with E-state index < -0.39 is 5.60 Å². The molecule has 0 radical (unpaired) electrons. The Morgan fingerprint density at radius 2 is 1.59 bits per heavy atom. The van der Waals surface area contributed by atoms with Gasteiger partial charge in [0.2, 0.25) is 0 Å². The van der Waals surface area contributed by atoms with Gasteiger partial charge in [-0.25, -0.2) is 4.99 Å². The summed E-state index contributed by atoms with van der Waals surface area (Å²) >= 11 is 0. The van der Waals surface area contributed by atoms with Crippen molar-refractivity contribution in [2.75, 3.05) is 33.3 Å². The summed E-state index contributed by atoms with van der Waals surface area (Å²) < 4.78 is 5.17. The minimum absolute atomic E-state index is 0.0443. The van der Waals surface area contributed by atoms with Gasteiger partial charge in [-0.1, -0.05) is 43.2 Å². The van der Waals surface area contributed by atoms with Crippen LogP contribution in [0.2, 0.25) is 0 Å². The molecule has 1 saturated carbocycles. The second-order valence-corrected chi connectivity index (χ2v) is 8.56. The van der Waals surface area contributed by atoms with Gasteiger partial charge in [0, 0.05) is 32.1 Å². The molecule has 1 unspecified atom stereocenters. The average molecular weight is 437 g/mol. The van der Waals surface area contributed by atoms with Gasteiger partial charge in [-0.2, -0.15) is 0 Å². The van der Waals surface area contributed by atoms with Crippen LogP contribution >= 0.6 is 0 Å². The molecule has 1 saturated heterocycles. The number of carbonyl (C=O) groups is 1. The number of aliphatic imine (C=N–C) groups is 1. The van der Waals surface area contributed by atoms with Crippen LogP contribution in [0.25, 0.3) is 0 Å². The number of guanidine groups is 1. The highest BCUT2D eigenvalue weighted by atomic mass is 16.5. The number of methoxy groups -OCH3 is 1. The molecule has 1 amide bonds. The third kappa shape index (κ3) is 4.43. The number of nitrogens with two attached hydrogens (primary N) is 1. The summed E-state index contributed by atoms with van der Waals surface area (Å²) in [6.07, 6.45) is 3.86. The number of nitrogens with zero attached hydrogens (tertiary/aromatic N) is 3. The number of piperazine rings is 1. The van der Waals surface area contributed by atoms with E-state index in [2.05, 4.69) is 4.99 Å². The molecule has 0 bridgehead atoms. The topological polar surface area (TPSA) is 91.4 Å². The van der Waals surface area contributed by atoms with Gasteiger partial charge in [-0.15, -0.1) is 0 Å². The van der Waals surface area contributed by atoms with Crippen molar-refractivity contribution in [1.82, 2.24) is 9.80 Å². The molecule has 2 aromatic rings. The van der Waals surface area contributed by atoms with Crippen molar-refractivity contribution in [1.29, 1.82) is 0 Å². The zero-order chi connectivity index (χ0) is 22.6. The molecule has 2 fully saturated rings. The average Bonchev–Trinajstić information content (AvgIpc) is 3.40. The molecule has 1 aliphatic heterocycles. The van der Waals surface area contributed by atoms with Gasteiger partial charge in [-0.05, 0) is 42.7 Å². The molecule has 170 valence electrons. The Morgan fingerprint density at radius 1 is 1.00 bits per heavy atom. The van der Waals surface area contributed by atoms with Crippen LogP contribution in [0.15, 0.2) is 59.6 Å². The normalized spacial score (nSPS) is 19.6. The van der Waals surface area contributed by atoms with Crippen molar-refractivity contribution in [2.24, 2.45) is 16.6 Å². The lowest BCUT2D eigenvalue weighted by molar-refractivity contribution is -0.160. The van der Waals surface area contributed by atoms with E-state index in [4.69, 9.17) is 10.5 Å². The lowest BCUT2D eigenvalue weighted by Gasteiger charge is -2.41. The van der Waals surface area contributed by atoms with E-state index >= 15 is 0 Å². The monoisotopic (exact) mass is 436 g/mol. The third-order valence-corrected chi connectivity index (χ3v) is 6.69. The first-order chi connectivity index (χ1) is 15.5. The highest BCUT2D eigenvalue weighted by Gasteiger charge is 2.48. The van der Waals surface area contributed by atoms with E-state index in [1.807, 2.05) is 59.5 Å². The zero-order valence-corrected chi connectivity index (χ0v) is 18.6. The third-order valence-electron chi connectivity index (χ3n) is 6.69. The molecular weight excluding hydrogens is 404 g/mol. The first-order valence-corrected chi connectivity index (χ1v) is 11.3. The summed E-state index contributed by atoms with van der Waals surface area (Å²) in [5.74, 6) is 0.956. The van der Waals surface area contributed by atoms with Crippen LogP contribution in [0.1, 0.15) is 31.2 Å². The Bertz CT molecular complexity index is 933. The van der Waals surface area contributed by atoms with Crippen molar-refractivity contribution in [3.63, 3.8) is 0 Å². The van der Waals surface area contributed by atoms with Crippen molar-refractivity contribution >= 4 is 17.6 Å². The Balaban J connectivity index is 1.45. The van der Waals surface area contributed by atoms with Crippen molar-refractivity contribution in [3.8, 4) is 5.75 Å². The number of amides is 1. The van der Waals surface area contributed by atoms with E-state index in [1.54, 1.807) is 12.0 Å². The van der Waals surface area contributed by atoms with Crippen LogP contribution in [0, 0.1) is 5.92 Å². The fourth-order valence-corrected chi connectivity index (χ4v) is 4.81. The molecule has 3 N–H and O–H groups in total. The number of benzene rings is 2. The molecule has 7 heteroatoms. The summed E-state index contributed by atoms with van der Waals surface area (Å²) in [4.78, 5) is 21.9. The van der Waals surface area contributed by atoms with Crippen LogP contribution in [0.4, 0.5) is 5.69 Å². The van der Waals surface area contributed by atoms with Crippen LogP contribution in [0.5, 0.6) is 5.75 Å². The predicted molar refractivity (Wildman–Crippen MR) is 125 cm³/mol. The van der Waals surface area contributed by atoms with Gasteiger partial charge in [0.25, 0.3) is 5.91 Å². The molecule has 1 aliphatic carbocycles. The molecule has 1 atom stereocenters. The maximum atomic E-state index is 13.6. The van der Waals surface area contributed by atoms with Gasteiger partial charge >= 0.3 is 0 Å². The Morgan fingerprint density at radius 3 is 2.19 bits per heavy atom. The first-order valence-electron chi connectivity index (χ1n) is 11.3. The zero-order valence-electron chi connectivity index (χ0n) is 18.6. The van der Waals surface area contributed by atoms with Crippen molar-refractivity contribution in [3.05, 3.63) is 60.2 Å². The van der Waals surface area contributed by atoms with Gasteiger partial charge in [0.1, 0.15) is 5.75 Å². The SMILES string of the molecule is COc1ccc(N=C(N)N2CCN(C(=O)C(O)(c3ccccc3)C3CCCC3)CC2)cc1. The fourth-order valence-electron chi connectivity index (χ4n) is 4.81. The van der Waals surface area contributed by atoms with Crippen LogP contribution in [0.3, 0.4) is 0 Å². The largest absolute Gasteiger partial charge is 0.497 e. The number of ether oxygens (including phenoxy) is 1. The lowest BCUT2D eigenvalue weighted by Crippen LogP contribution is -2.58. The Hall–Kier alpha value is -3.06. The first kappa shape index (κ1) is 22.1. The number of rotatable bonds is 5. The molecule has 0 aromatic heterocycles. The number of hydrogen-bond donors (Lipinski definition) is 2. The molecule has 2 aliphatic rings. The van der Waals surface area contributed by atoms with E-state index in [-0.39, 0.29) is 11.8 Å². The van der Waals surface area contributed by atoms with Gasteiger partial charge in [0.05, 0.1) is 12.8 Å². The summed E-state index contributed by atoms with van der Waals surface area (Å²) in [5, 5.41) is 11.8. The lowest BCUT2D eigenvalue weighted by atomic mass is 9.79. The molecule has 4 rings (SSSR count). The van der Waals surface area contributed by atoms with E-state index in [0.29, 0.717) is 37.7 Å². The maximum Gasteiger partial charge on any atom is 0.259 e. The van der Waals surface area contributed by atoms with Crippen LogP contribution in [-0.2, 0) is 10.4 Å². The quantitative estimate of drug-likeness (QED) is 0.556. The minimum atomic E-state index is -1.47. The predicted octanol–water partition coefficient (Wildman–Crippen LogP) is 2.86. The Labute approximate surface area is 189 Å². The molecule has 7 nitrogen and oxygen atoms in total. The van der Waals surface area contributed by atoms with Crippen molar-refractivity contribution in [2.45, 2.75) is 31.3 Å². The molecule has 32 heavy (non-hydrogen) atoms. The van der Waals surface area contributed by atoms with E-state index in [1.165, 1.54) is 0 Å². The van der Waals surface area contributed by atoms with Crippen LogP contribution < -0.4 is 10.5 Å². The molecule has 1 heterocycles. The van der Waals surface area contributed by atoms with E-state index in [0.717, 1.165) is 37.1 Å². The molecular formula is C25H32N4O3. The number of aliphatic hydroxyl groups is 1. The standard InChI is InChI=1S/C25H32N4O3/c1-32-22-13-11-21(12-14-22)27-24(26)29-17-15-28(16-18-29)23(30)25(31,20-9-5-6-10-20)19-7-3-2-4-8-19/h2-4,7-8,11-14,20,31H,5-6,9-10,15-18H2,1H3,(H2,26,27). The van der Waals surface area contributed by atoms with E-state index in [9.17, 15) is 9.90 Å². The van der Waals surface area contributed by atoms with Gasteiger partial charge in [0.15, 0.2) is 11.6 Å². The number of carbonyl (C=O) groups excluding carboxylic acids is 1. The smallest absolute Gasteiger partial charge is 0.259 e.